The molecule has 0 spiro atoms. The summed E-state index contributed by atoms with van der Waals surface area (Å²) < 4.78 is 0. The maximum Gasteiger partial charge on any atom is 0.0642 e. The predicted octanol–water partition coefficient (Wildman–Crippen LogP) is 4.00. The Kier molecular flexibility index (Phi) is 4.90. The van der Waals surface area contributed by atoms with Gasteiger partial charge in [0, 0.05) is 19.1 Å². The van der Waals surface area contributed by atoms with Gasteiger partial charge in [-0.05, 0) is 50.4 Å². The van der Waals surface area contributed by atoms with E-state index in [1.165, 1.54) is 30.5 Å². The molecule has 18 heavy (non-hydrogen) atoms. The highest BCUT2D eigenvalue weighted by Gasteiger charge is 2.15. The Morgan fingerprint density at radius 1 is 1.28 bits per heavy atom. The quantitative estimate of drug-likeness (QED) is 0.886. The van der Waals surface area contributed by atoms with Gasteiger partial charge in [0.05, 0.1) is 10.7 Å². The van der Waals surface area contributed by atoms with Crippen LogP contribution in [0.15, 0.2) is 18.2 Å². The van der Waals surface area contributed by atoms with Gasteiger partial charge in [0.1, 0.15) is 0 Å². The highest BCUT2D eigenvalue weighted by Crippen LogP contribution is 2.30. The average molecular weight is 267 g/mol. The lowest BCUT2D eigenvalue weighted by Gasteiger charge is -2.30. The van der Waals surface area contributed by atoms with E-state index in [1.54, 1.807) is 0 Å². The first-order chi connectivity index (χ1) is 8.72. The van der Waals surface area contributed by atoms with Gasteiger partial charge in [-0.2, -0.15) is 0 Å². The van der Waals surface area contributed by atoms with E-state index in [9.17, 15) is 0 Å². The molecule has 3 heteroatoms. The van der Waals surface area contributed by atoms with Crippen LogP contribution in [0.2, 0.25) is 5.02 Å². The van der Waals surface area contributed by atoms with Crippen molar-refractivity contribution in [1.29, 1.82) is 0 Å². The number of halogens is 1. The van der Waals surface area contributed by atoms with Crippen molar-refractivity contribution in [1.82, 2.24) is 5.32 Å². The summed E-state index contributed by atoms with van der Waals surface area (Å²) in [6.45, 7) is 7.56. The summed E-state index contributed by atoms with van der Waals surface area (Å²) >= 11 is 6.44. The minimum absolute atomic E-state index is 0.364. The van der Waals surface area contributed by atoms with Crippen LogP contribution in [-0.2, 0) is 0 Å². The van der Waals surface area contributed by atoms with Crippen LogP contribution in [-0.4, -0.2) is 19.6 Å². The molecule has 100 valence electrons. The first-order valence-electron chi connectivity index (χ1n) is 7.00. The molecule has 1 saturated heterocycles. The van der Waals surface area contributed by atoms with Crippen LogP contribution in [0, 0.1) is 0 Å². The van der Waals surface area contributed by atoms with E-state index in [0.717, 1.165) is 24.7 Å². The summed E-state index contributed by atoms with van der Waals surface area (Å²) in [7, 11) is 0. The molecular weight excluding hydrogens is 244 g/mol. The van der Waals surface area contributed by atoms with Gasteiger partial charge in [-0.25, -0.2) is 0 Å². The Labute approximate surface area is 115 Å². The zero-order chi connectivity index (χ0) is 13.0. The van der Waals surface area contributed by atoms with Gasteiger partial charge in [-0.1, -0.05) is 24.6 Å². The van der Waals surface area contributed by atoms with Crippen molar-refractivity contribution in [2.24, 2.45) is 0 Å². The molecule has 0 aromatic heterocycles. The fraction of sp³-hybridized carbons (Fsp3) is 0.600. The number of anilines is 1. The van der Waals surface area contributed by atoms with E-state index in [4.69, 9.17) is 11.6 Å². The number of nitrogens with one attached hydrogen (secondary N) is 1. The number of nitrogens with zero attached hydrogens (tertiary/aromatic N) is 1. The summed E-state index contributed by atoms with van der Waals surface area (Å²) in [5.74, 6) is 0. The molecule has 1 N–H and O–H groups in total. The highest BCUT2D eigenvalue weighted by molar-refractivity contribution is 6.33. The molecule has 1 aliphatic rings. The number of rotatable bonds is 4. The Balaban J connectivity index is 2.13. The Bertz CT molecular complexity index is 386. The van der Waals surface area contributed by atoms with Gasteiger partial charge in [0.25, 0.3) is 0 Å². The molecular formula is C15H23ClN2. The van der Waals surface area contributed by atoms with Crippen molar-refractivity contribution >= 4 is 17.3 Å². The lowest BCUT2D eigenvalue weighted by atomic mass is 10.1. The molecule has 0 saturated carbocycles. The molecule has 1 aromatic rings. The smallest absolute Gasteiger partial charge is 0.0642 e. The van der Waals surface area contributed by atoms with Crippen molar-refractivity contribution in [2.45, 2.75) is 39.2 Å². The minimum Gasteiger partial charge on any atom is -0.370 e. The number of piperidine rings is 1. The number of hydrogen-bond donors (Lipinski definition) is 1. The van der Waals surface area contributed by atoms with Gasteiger partial charge >= 0.3 is 0 Å². The summed E-state index contributed by atoms with van der Waals surface area (Å²) in [6.07, 6.45) is 3.92. The Morgan fingerprint density at radius 2 is 2.00 bits per heavy atom. The van der Waals surface area contributed by atoms with Gasteiger partial charge in [-0.15, -0.1) is 0 Å². The topological polar surface area (TPSA) is 15.3 Å². The summed E-state index contributed by atoms with van der Waals surface area (Å²) in [4.78, 5) is 2.41. The summed E-state index contributed by atoms with van der Waals surface area (Å²) in [5.41, 5.74) is 2.46. The largest absolute Gasteiger partial charge is 0.370 e. The standard InChI is InChI=1S/C15H23ClN2/c1-3-17-12(2)13-7-8-15(14(16)11-13)18-9-5-4-6-10-18/h7-8,11-12,17H,3-6,9-10H2,1-2H3. The third kappa shape index (κ3) is 3.18. The van der Waals surface area contributed by atoms with Crippen LogP contribution in [0.1, 0.15) is 44.7 Å². The van der Waals surface area contributed by atoms with E-state index in [1.807, 2.05) is 0 Å². The average Bonchev–Trinajstić information content (AvgIpc) is 2.40. The maximum atomic E-state index is 6.44. The molecule has 0 amide bonds. The lowest BCUT2D eigenvalue weighted by Crippen LogP contribution is -2.29. The van der Waals surface area contributed by atoms with E-state index in [-0.39, 0.29) is 0 Å². The number of benzene rings is 1. The molecule has 1 atom stereocenters. The molecule has 0 aliphatic carbocycles. The zero-order valence-electron chi connectivity index (χ0n) is 11.4. The second-order valence-corrected chi connectivity index (χ2v) is 5.45. The fourth-order valence-electron chi connectivity index (χ4n) is 2.61. The van der Waals surface area contributed by atoms with Crippen LogP contribution < -0.4 is 10.2 Å². The van der Waals surface area contributed by atoms with Crippen LogP contribution >= 0.6 is 11.6 Å². The van der Waals surface area contributed by atoms with Crippen LogP contribution in [0.25, 0.3) is 0 Å². The van der Waals surface area contributed by atoms with E-state index in [0.29, 0.717) is 6.04 Å². The highest BCUT2D eigenvalue weighted by atomic mass is 35.5. The molecule has 1 heterocycles. The summed E-state index contributed by atoms with van der Waals surface area (Å²) in [6, 6.07) is 6.85. The summed E-state index contributed by atoms with van der Waals surface area (Å²) in [5, 5.41) is 4.30. The molecule has 1 fully saturated rings. The van der Waals surface area contributed by atoms with Crippen LogP contribution in [0.5, 0.6) is 0 Å². The van der Waals surface area contributed by atoms with Crippen molar-refractivity contribution in [3.63, 3.8) is 0 Å². The Morgan fingerprint density at radius 3 is 2.61 bits per heavy atom. The number of hydrogen-bond acceptors (Lipinski definition) is 2. The van der Waals surface area contributed by atoms with Gasteiger partial charge in [0.2, 0.25) is 0 Å². The SMILES string of the molecule is CCNC(C)c1ccc(N2CCCCC2)c(Cl)c1. The maximum absolute atomic E-state index is 6.44. The minimum atomic E-state index is 0.364. The second kappa shape index (κ2) is 6.44. The van der Waals surface area contributed by atoms with E-state index < -0.39 is 0 Å². The van der Waals surface area contributed by atoms with Crippen LogP contribution in [0.4, 0.5) is 5.69 Å². The van der Waals surface area contributed by atoms with Crippen molar-refractivity contribution in [3.8, 4) is 0 Å². The predicted molar refractivity (Wildman–Crippen MR) is 79.6 cm³/mol. The van der Waals surface area contributed by atoms with Crippen molar-refractivity contribution in [3.05, 3.63) is 28.8 Å². The second-order valence-electron chi connectivity index (χ2n) is 5.04. The third-order valence-corrected chi connectivity index (χ3v) is 3.98. The molecule has 2 rings (SSSR count). The van der Waals surface area contributed by atoms with Gasteiger partial charge < -0.3 is 10.2 Å². The fourth-order valence-corrected chi connectivity index (χ4v) is 2.92. The van der Waals surface area contributed by atoms with Gasteiger partial charge in [0.15, 0.2) is 0 Å². The normalized spacial score (nSPS) is 17.8. The molecule has 0 bridgehead atoms. The molecule has 1 aliphatic heterocycles. The monoisotopic (exact) mass is 266 g/mol. The van der Waals surface area contributed by atoms with Crippen molar-refractivity contribution in [2.75, 3.05) is 24.5 Å². The molecule has 1 unspecified atom stereocenters. The van der Waals surface area contributed by atoms with Gasteiger partial charge in [-0.3, -0.25) is 0 Å². The zero-order valence-corrected chi connectivity index (χ0v) is 12.1. The van der Waals surface area contributed by atoms with E-state index >= 15 is 0 Å². The molecule has 1 aromatic carbocycles. The molecule has 0 radical (unpaired) electrons. The lowest BCUT2D eigenvalue weighted by molar-refractivity contribution is 0.577. The first-order valence-corrected chi connectivity index (χ1v) is 7.38. The van der Waals surface area contributed by atoms with Crippen molar-refractivity contribution < 1.29 is 0 Å². The Hall–Kier alpha value is -0.730. The molecule has 2 nitrogen and oxygen atoms in total. The van der Waals surface area contributed by atoms with E-state index in [2.05, 4.69) is 42.3 Å². The third-order valence-electron chi connectivity index (χ3n) is 3.68. The van der Waals surface area contributed by atoms with Crippen LogP contribution in [0.3, 0.4) is 0 Å². The first kappa shape index (κ1) is 13.7.